The molecule has 10 heteroatoms. The summed E-state index contributed by atoms with van der Waals surface area (Å²) < 4.78 is 1.76. The van der Waals surface area contributed by atoms with E-state index in [0.717, 1.165) is 9.20 Å². The molecule has 2 aromatic carbocycles. The van der Waals surface area contributed by atoms with Crippen LogP contribution < -0.4 is 16.4 Å². The van der Waals surface area contributed by atoms with Gasteiger partial charge in [-0.15, -0.1) is 0 Å². The van der Waals surface area contributed by atoms with Crippen molar-refractivity contribution in [3.05, 3.63) is 69.2 Å². The normalized spacial score (nSPS) is 16.4. The molecule has 9 nitrogen and oxygen atoms in total. The molecule has 1 aliphatic rings. The van der Waals surface area contributed by atoms with Crippen LogP contribution in [0.15, 0.2) is 63.1 Å². The maximum atomic E-state index is 13.4. The number of nitrogens with one attached hydrogen (secondary N) is 1. The Bertz CT molecular complexity index is 1650. The van der Waals surface area contributed by atoms with Crippen LogP contribution in [0.4, 0.5) is 0 Å². The third-order valence-corrected chi connectivity index (χ3v) is 5.68. The van der Waals surface area contributed by atoms with Gasteiger partial charge in [0.05, 0.1) is 22.2 Å². The Labute approximate surface area is 185 Å². The van der Waals surface area contributed by atoms with E-state index in [9.17, 15) is 19.2 Å². The van der Waals surface area contributed by atoms with E-state index in [4.69, 9.17) is 12.2 Å². The van der Waals surface area contributed by atoms with E-state index in [1.165, 1.54) is 0 Å². The number of hydrogen-bond donors (Lipinski definition) is 1. The van der Waals surface area contributed by atoms with E-state index < -0.39 is 28.9 Å². The van der Waals surface area contributed by atoms with Crippen molar-refractivity contribution in [2.45, 2.75) is 13.3 Å². The molecule has 0 fully saturated rings. The maximum absolute atomic E-state index is 13.4. The van der Waals surface area contributed by atoms with Gasteiger partial charge in [0.25, 0.3) is 11.1 Å². The molecule has 0 spiro atoms. The van der Waals surface area contributed by atoms with Crippen LogP contribution in [0.2, 0.25) is 0 Å². The van der Waals surface area contributed by atoms with Crippen LogP contribution in [-0.2, 0) is 4.79 Å². The minimum atomic E-state index is -0.910. The molecule has 1 aliphatic heterocycles. The molecule has 4 aromatic rings. The molecule has 5 rings (SSSR count). The fourth-order valence-electron chi connectivity index (χ4n) is 3.93. The number of nitrogens with zero attached hydrogens (tertiary/aromatic N) is 4. The van der Waals surface area contributed by atoms with E-state index in [1.807, 2.05) is 0 Å². The van der Waals surface area contributed by atoms with Gasteiger partial charge in [-0.05, 0) is 37.3 Å². The first-order valence-corrected chi connectivity index (χ1v) is 10.2. The Morgan fingerprint density at radius 3 is 2.38 bits per heavy atom. The molecule has 0 saturated carbocycles. The van der Waals surface area contributed by atoms with Crippen LogP contribution in [0, 0.1) is 5.92 Å². The maximum Gasteiger partial charge on any atom is 0.281 e. The SMILES string of the molecule is CC1=NC(=S)NC(=O)C1CC(=O)n1c(=O)c2ccccc2c2nc3ccccc3c(=O)n21. The second-order valence-corrected chi connectivity index (χ2v) is 7.82. The Morgan fingerprint density at radius 1 is 1.00 bits per heavy atom. The number of aromatic nitrogens is 3. The molecular formula is C22H15N5O4S. The van der Waals surface area contributed by atoms with Crippen molar-refractivity contribution in [2.75, 3.05) is 0 Å². The summed E-state index contributed by atoms with van der Waals surface area (Å²) >= 11 is 4.91. The number of carbonyl (C=O) groups excluding carboxylic acids is 2. The fourth-order valence-corrected chi connectivity index (χ4v) is 4.17. The first kappa shape index (κ1) is 19.9. The minimum Gasteiger partial charge on any atom is -0.301 e. The zero-order valence-corrected chi connectivity index (χ0v) is 17.5. The van der Waals surface area contributed by atoms with Crippen LogP contribution in [0.5, 0.6) is 0 Å². The molecule has 0 bridgehead atoms. The summed E-state index contributed by atoms with van der Waals surface area (Å²) in [5.41, 5.74) is -0.235. The first-order valence-electron chi connectivity index (χ1n) is 9.75. The van der Waals surface area contributed by atoms with Gasteiger partial charge >= 0.3 is 0 Å². The van der Waals surface area contributed by atoms with Crippen LogP contribution >= 0.6 is 12.2 Å². The van der Waals surface area contributed by atoms with Gasteiger partial charge < -0.3 is 5.32 Å². The molecule has 0 radical (unpaired) electrons. The van der Waals surface area contributed by atoms with Gasteiger partial charge in [0.1, 0.15) is 0 Å². The number of para-hydroxylation sites is 1. The third-order valence-electron chi connectivity index (χ3n) is 5.49. The highest BCUT2D eigenvalue weighted by atomic mass is 32.1. The van der Waals surface area contributed by atoms with Crippen LogP contribution in [0.3, 0.4) is 0 Å². The first-order chi connectivity index (χ1) is 15.4. The summed E-state index contributed by atoms with van der Waals surface area (Å²) in [4.78, 5) is 61.1. The van der Waals surface area contributed by atoms with E-state index >= 15 is 0 Å². The van der Waals surface area contributed by atoms with Crippen molar-refractivity contribution in [1.82, 2.24) is 19.5 Å². The number of rotatable bonds is 2. The lowest BCUT2D eigenvalue weighted by molar-refractivity contribution is -0.121. The molecule has 158 valence electrons. The van der Waals surface area contributed by atoms with E-state index in [1.54, 1.807) is 55.5 Å². The van der Waals surface area contributed by atoms with Gasteiger partial charge in [0.15, 0.2) is 10.8 Å². The van der Waals surface area contributed by atoms with Crippen molar-refractivity contribution in [3.63, 3.8) is 0 Å². The number of carbonyl (C=O) groups is 2. The zero-order chi connectivity index (χ0) is 22.6. The average molecular weight is 445 g/mol. The number of fused-ring (bicyclic) bond motifs is 4. The quantitative estimate of drug-likeness (QED) is 0.285. The van der Waals surface area contributed by atoms with Crippen molar-refractivity contribution in [1.29, 1.82) is 0 Å². The van der Waals surface area contributed by atoms with Gasteiger partial charge in [0, 0.05) is 17.5 Å². The number of hydrogen-bond acceptors (Lipinski definition) is 6. The van der Waals surface area contributed by atoms with Gasteiger partial charge in [0.2, 0.25) is 11.8 Å². The molecule has 32 heavy (non-hydrogen) atoms. The van der Waals surface area contributed by atoms with Crippen LogP contribution in [-0.4, -0.2) is 36.8 Å². The largest absolute Gasteiger partial charge is 0.301 e. The fraction of sp³-hybridized carbons (Fsp3) is 0.136. The van der Waals surface area contributed by atoms with E-state index in [2.05, 4.69) is 15.3 Å². The number of aliphatic imine (C=N–C) groups is 1. The van der Waals surface area contributed by atoms with Crippen molar-refractivity contribution in [3.8, 4) is 0 Å². The second kappa shape index (κ2) is 7.27. The lowest BCUT2D eigenvalue weighted by atomic mass is 9.97. The summed E-state index contributed by atoms with van der Waals surface area (Å²) in [6, 6.07) is 13.3. The number of benzene rings is 2. The molecule has 1 atom stereocenters. The van der Waals surface area contributed by atoms with Crippen molar-refractivity contribution in [2.24, 2.45) is 10.9 Å². The van der Waals surface area contributed by atoms with Crippen LogP contribution in [0.25, 0.3) is 27.3 Å². The van der Waals surface area contributed by atoms with Crippen molar-refractivity contribution < 1.29 is 9.59 Å². The lowest BCUT2D eigenvalue weighted by Crippen LogP contribution is -2.45. The molecule has 2 aromatic heterocycles. The van der Waals surface area contributed by atoms with Gasteiger partial charge in [-0.3, -0.25) is 19.2 Å². The number of thiocarbonyl (C=S) groups is 1. The predicted octanol–water partition coefficient (Wildman–Crippen LogP) is 1.68. The summed E-state index contributed by atoms with van der Waals surface area (Å²) in [6.45, 7) is 1.59. The summed E-state index contributed by atoms with van der Waals surface area (Å²) in [5.74, 6) is -2.12. The van der Waals surface area contributed by atoms with Gasteiger partial charge in [-0.2, -0.15) is 9.20 Å². The molecule has 1 N–H and O–H groups in total. The van der Waals surface area contributed by atoms with E-state index in [0.29, 0.717) is 16.6 Å². The average Bonchev–Trinajstić information content (AvgIpc) is 2.77. The topological polar surface area (TPSA) is 115 Å². The highest BCUT2D eigenvalue weighted by molar-refractivity contribution is 7.80. The zero-order valence-electron chi connectivity index (χ0n) is 16.7. The Kier molecular flexibility index (Phi) is 4.52. The monoisotopic (exact) mass is 445 g/mol. The Morgan fingerprint density at radius 2 is 1.66 bits per heavy atom. The minimum absolute atomic E-state index is 0.0245. The third kappa shape index (κ3) is 2.95. The van der Waals surface area contributed by atoms with Crippen molar-refractivity contribution >= 4 is 62.2 Å². The molecule has 1 amide bonds. The standard InChI is InChI=1S/C22H15N5O4S/c1-11-15(19(29)25-22(32)23-11)10-17(28)26-20(30)13-7-3-2-6-12(13)18-24-16-9-5-4-8-14(16)21(31)27(18)26/h2-9,15H,10H2,1H3,(H,25,29,32). The number of amides is 1. The van der Waals surface area contributed by atoms with Gasteiger partial charge in [-0.25, -0.2) is 9.98 Å². The van der Waals surface area contributed by atoms with Crippen LogP contribution in [0.1, 0.15) is 18.1 Å². The molecule has 1 unspecified atom stereocenters. The summed E-state index contributed by atoms with van der Waals surface area (Å²) in [5, 5.41) is 3.39. The molecule has 0 saturated heterocycles. The summed E-state index contributed by atoms with van der Waals surface area (Å²) in [7, 11) is 0. The molecule has 3 heterocycles. The molecule has 0 aliphatic carbocycles. The highest BCUT2D eigenvalue weighted by Crippen LogP contribution is 2.18. The lowest BCUT2D eigenvalue weighted by Gasteiger charge is -2.21. The smallest absolute Gasteiger partial charge is 0.281 e. The second-order valence-electron chi connectivity index (χ2n) is 7.43. The summed E-state index contributed by atoms with van der Waals surface area (Å²) in [6.07, 6.45) is -0.365. The van der Waals surface area contributed by atoms with E-state index in [-0.39, 0.29) is 28.0 Å². The highest BCUT2D eigenvalue weighted by Gasteiger charge is 2.31. The molecular weight excluding hydrogens is 430 g/mol. The Balaban J connectivity index is 1.82. The van der Waals surface area contributed by atoms with Gasteiger partial charge in [-0.1, -0.05) is 30.3 Å². The Hall–Kier alpha value is -4.05. The predicted molar refractivity (Wildman–Crippen MR) is 123 cm³/mol.